The molecule has 0 atom stereocenters. The average Bonchev–Trinajstić information content (AvgIpc) is 2.60. The molecule has 3 rings (SSSR count). The van der Waals surface area contributed by atoms with Crippen molar-refractivity contribution in [2.45, 2.75) is 19.3 Å². The van der Waals surface area contributed by atoms with Crippen molar-refractivity contribution >= 4 is 40.6 Å². The Balaban J connectivity index is 1.78. The fourth-order valence-corrected chi connectivity index (χ4v) is 3.00. The van der Waals surface area contributed by atoms with E-state index in [4.69, 9.17) is 23.2 Å². The normalized spacial score (nSPS) is 14.6. The molecule has 1 amide bonds. The molecule has 1 saturated heterocycles. The van der Waals surface area contributed by atoms with Gasteiger partial charge in [-0.25, -0.2) is 4.98 Å². The van der Waals surface area contributed by atoms with Crippen molar-refractivity contribution in [3.63, 3.8) is 0 Å². The van der Waals surface area contributed by atoms with Crippen LogP contribution in [0.3, 0.4) is 0 Å². The van der Waals surface area contributed by atoms with Gasteiger partial charge in [-0.2, -0.15) is 0 Å². The van der Waals surface area contributed by atoms with Gasteiger partial charge in [-0.05, 0) is 43.5 Å². The van der Waals surface area contributed by atoms with Crippen LogP contribution in [0.15, 0.2) is 36.5 Å². The first kappa shape index (κ1) is 16.1. The van der Waals surface area contributed by atoms with Gasteiger partial charge in [0.1, 0.15) is 5.82 Å². The van der Waals surface area contributed by atoms with E-state index < -0.39 is 0 Å². The smallest absolute Gasteiger partial charge is 0.255 e. The van der Waals surface area contributed by atoms with E-state index in [1.165, 1.54) is 6.42 Å². The van der Waals surface area contributed by atoms with Crippen LogP contribution >= 0.6 is 23.2 Å². The van der Waals surface area contributed by atoms with Crippen LogP contribution in [0.1, 0.15) is 29.6 Å². The Hall–Kier alpha value is -1.78. The van der Waals surface area contributed by atoms with E-state index in [0.29, 0.717) is 21.3 Å². The molecule has 4 nitrogen and oxygen atoms in total. The van der Waals surface area contributed by atoms with Crippen molar-refractivity contribution in [2.24, 2.45) is 0 Å². The number of aromatic nitrogens is 1. The summed E-state index contributed by atoms with van der Waals surface area (Å²) >= 11 is 12.1. The Labute approximate surface area is 145 Å². The van der Waals surface area contributed by atoms with Crippen LogP contribution in [-0.2, 0) is 0 Å². The average molecular weight is 350 g/mol. The molecule has 1 aliphatic heterocycles. The summed E-state index contributed by atoms with van der Waals surface area (Å²) in [6.07, 6.45) is 5.24. The van der Waals surface area contributed by atoms with Crippen LogP contribution in [-0.4, -0.2) is 24.0 Å². The Morgan fingerprint density at radius 3 is 2.70 bits per heavy atom. The van der Waals surface area contributed by atoms with Crippen LogP contribution < -0.4 is 10.2 Å². The Morgan fingerprint density at radius 1 is 1.13 bits per heavy atom. The number of hydrogen-bond donors (Lipinski definition) is 1. The summed E-state index contributed by atoms with van der Waals surface area (Å²) in [5.74, 6) is 0.615. The monoisotopic (exact) mass is 349 g/mol. The van der Waals surface area contributed by atoms with E-state index in [1.54, 1.807) is 30.5 Å². The fraction of sp³-hybridized carbons (Fsp3) is 0.294. The van der Waals surface area contributed by atoms with Crippen LogP contribution in [0, 0.1) is 0 Å². The molecule has 1 aromatic heterocycles. The highest BCUT2D eigenvalue weighted by atomic mass is 35.5. The van der Waals surface area contributed by atoms with Crippen molar-refractivity contribution in [1.29, 1.82) is 0 Å². The summed E-state index contributed by atoms with van der Waals surface area (Å²) in [5, 5.41) is 3.55. The lowest BCUT2D eigenvalue weighted by molar-refractivity contribution is 0.102. The number of rotatable bonds is 3. The third kappa shape index (κ3) is 3.77. The second kappa shape index (κ2) is 7.20. The number of piperidine rings is 1. The number of amides is 1. The van der Waals surface area contributed by atoms with E-state index in [2.05, 4.69) is 15.2 Å². The predicted octanol–water partition coefficient (Wildman–Crippen LogP) is 4.63. The molecule has 1 fully saturated rings. The van der Waals surface area contributed by atoms with Crippen LogP contribution in [0.4, 0.5) is 11.5 Å². The van der Waals surface area contributed by atoms with E-state index >= 15 is 0 Å². The number of carbonyl (C=O) groups is 1. The molecule has 23 heavy (non-hydrogen) atoms. The number of nitrogens with one attached hydrogen (secondary N) is 1. The largest absolute Gasteiger partial charge is 0.357 e. The van der Waals surface area contributed by atoms with Gasteiger partial charge in [-0.3, -0.25) is 4.79 Å². The van der Waals surface area contributed by atoms with Crippen LogP contribution in [0.25, 0.3) is 0 Å². The number of hydrogen-bond acceptors (Lipinski definition) is 3. The highest BCUT2D eigenvalue weighted by molar-refractivity contribution is 6.44. The molecule has 0 saturated carbocycles. The third-order valence-corrected chi connectivity index (χ3v) is 4.71. The Bertz CT molecular complexity index is 715. The molecular weight excluding hydrogens is 333 g/mol. The van der Waals surface area contributed by atoms with Gasteiger partial charge in [-0.15, -0.1) is 0 Å². The van der Waals surface area contributed by atoms with Gasteiger partial charge in [0, 0.05) is 24.8 Å². The zero-order valence-corrected chi connectivity index (χ0v) is 14.1. The maximum atomic E-state index is 12.5. The minimum Gasteiger partial charge on any atom is -0.357 e. The standard InChI is InChI=1S/C17H17Cl2N3O/c18-13-5-4-6-14(16(13)19)21-17(23)12-7-8-20-15(11-12)22-9-2-1-3-10-22/h4-8,11H,1-3,9-10H2,(H,21,23). The maximum Gasteiger partial charge on any atom is 0.255 e. The quantitative estimate of drug-likeness (QED) is 0.878. The number of halogens is 2. The third-order valence-electron chi connectivity index (χ3n) is 3.89. The fourth-order valence-electron chi connectivity index (χ4n) is 2.65. The first-order valence-corrected chi connectivity index (χ1v) is 8.37. The van der Waals surface area contributed by atoms with E-state index in [1.807, 2.05) is 6.07 Å². The lowest BCUT2D eigenvalue weighted by atomic mass is 10.1. The minimum atomic E-state index is -0.227. The summed E-state index contributed by atoms with van der Waals surface area (Å²) in [6.45, 7) is 1.97. The molecule has 0 spiro atoms. The molecule has 0 radical (unpaired) electrons. The summed E-state index contributed by atoms with van der Waals surface area (Å²) in [6, 6.07) is 8.66. The summed E-state index contributed by atoms with van der Waals surface area (Å²) in [7, 11) is 0. The number of benzene rings is 1. The number of carbonyl (C=O) groups excluding carboxylic acids is 1. The molecule has 6 heteroatoms. The molecule has 0 unspecified atom stereocenters. The zero-order valence-electron chi connectivity index (χ0n) is 12.6. The van der Waals surface area contributed by atoms with Crippen molar-refractivity contribution in [1.82, 2.24) is 4.98 Å². The molecule has 1 aliphatic rings. The SMILES string of the molecule is O=C(Nc1cccc(Cl)c1Cl)c1ccnc(N2CCCCC2)c1. The first-order chi connectivity index (χ1) is 11.1. The van der Waals surface area contributed by atoms with Gasteiger partial charge in [0.05, 0.1) is 15.7 Å². The minimum absolute atomic E-state index is 0.227. The number of pyridine rings is 1. The van der Waals surface area contributed by atoms with Crippen molar-refractivity contribution in [3.05, 3.63) is 52.1 Å². The summed E-state index contributed by atoms with van der Waals surface area (Å²) < 4.78 is 0. The van der Waals surface area contributed by atoms with Gasteiger partial charge in [0.2, 0.25) is 0 Å². The van der Waals surface area contributed by atoms with Crippen molar-refractivity contribution in [2.75, 3.05) is 23.3 Å². The first-order valence-electron chi connectivity index (χ1n) is 7.61. The van der Waals surface area contributed by atoms with E-state index in [9.17, 15) is 4.79 Å². The topological polar surface area (TPSA) is 45.2 Å². The lowest BCUT2D eigenvalue weighted by Crippen LogP contribution is -2.30. The van der Waals surface area contributed by atoms with Gasteiger partial charge in [0.15, 0.2) is 0 Å². The molecule has 0 aliphatic carbocycles. The van der Waals surface area contributed by atoms with Crippen molar-refractivity contribution < 1.29 is 4.79 Å². The Morgan fingerprint density at radius 2 is 1.91 bits per heavy atom. The summed E-state index contributed by atoms with van der Waals surface area (Å²) in [4.78, 5) is 19.1. The molecule has 1 aromatic carbocycles. The van der Waals surface area contributed by atoms with E-state index in [0.717, 1.165) is 31.7 Å². The molecule has 2 heterocycles. The second-order valence-corrected chi connectivity index (χ2v) is 6.29. The zero-order chi connectivity index (χ0) is 16.2. The lowest BCUT2D eigenvalue weighted by Gasteiger charge is -2.27. The van der Waals surface area contributed by atoms with Gasteiger partial charge < -0.3 is 10.2 Å². The van der Waals surface area contributed by atoms with E-state index in [-0.39, 0.29) is 5.91 Å². The summed E-state index contributed by atoms with van der Waals surface area (Å²) in [5.41, 5.74) is 1.05. The molecule has 2 aromatic rings. The van der Waals surface area contributed by atoms with Crippen LogP contribution in [0.2, 0.25) is 10.0 Å². The number of nitrogens with zero attached hydrogens (tertiary/aromatic N) is 2. The maximum absolute atomic E-state index is 12.5. The molecule has 120 valence electrons. The second-order valence-electron chi connectivity index (χ2n) is 5.51. The predicted molar refractivity (Wildman–Crippen MR) is 94.7 cm³/mol. The molecule has 1 N–H and O–H groups in total. The van der Waals surface area contributed by atoms with Gasteiger partial charge in [-0.1, -0.05) is 29.3 Å². The highest BCUT2D eigenvalue weighted by Crippen LogP contribution is 2.30. The highest BCUT2D eigenvalue weighted by Gasteiger charge is 2.15. The molecule has 0 bridgehead atoms. The van der Waals surface area contributed by atoms with Crippen molar-refractivity contribution in [3.8, 4) is 0 Å². The van der Waals surface area contributed by atoms with Gasteiger partial charge >= 0.3 is 0 Å². The molecular formula is C17H17Cl2N3O. The van der Waals surface area contributed by atoms with Crippen LogP contribution in [0.5, 0.6) is 0 Å². The Kier molecular flexibility index (Phi) is 5.03. The van der Waals surface area contributed by atoms with Gasteiger partial charge in [0.25, 0.3) is 5.91 Å². The number of anilines is 2.